The fourth-order valence-electron chi connectivity index (χ4n) is 1.70. The number of imide groups is 1. The fraction of sp³-hybridized carbons (Fsp3) is 0.786. The number of carbonyl (C=O) groups excluding carboxylic acids is 3. The number of ether oxygens (including phenoxy) is 3. The number of rotatable bonds is 6. The van der Waals surface area contributed by atoms with E-state index >= 15 is 0 Å². The molecule has 2 amide bonds. The second-order valence-corrected chi connectivity index (χ2v) is 5.84. The Bertz CT molecular complexity index is 389. The van der Waals surface area contributed by atoms with Crippen LogP contribution in [-0.2, 0) is 23.8 Å². The maximum Gasteiger partial charge on any atom is 0.417 e. The lowest BCUT2D eigenvalue weighted by molar-refractivity contribution is -0.185. The van der Waals surface area contributed by atoms with E-state index in [9.17, 15) is 14.4 Å². The Morgan fingerprint density at radius 3 is 2.48 bits per heavy atom. The zero-order chi connectivity index (χ0) is 16.0. The summed E-state index contributed by atoms with van der Waals surface area (Å²) < 4.78 is 15.3. The molecule has 7 heteroatoms. The SMILES string of the molecule is CCCCOC(=O)[C@@H]1OC[C@@H]1N(C=O)C(=O)OC(C)(C)C. The van der Waals surface area contributed by atoms with Gasteiger partial charge in [-0.3, -0.25) is 4.79 Å². The normalized spacial score (nSPS) is 21.1. The van der Waals surface area contributed by atoms with Gasteiger partial charge in [0.25, 0.3) is 0 Å². The first-order valence-electron chi connectivity index (χ1n) is 7.05. The molecule has 1 heterocycles. The summed E-state index contributed by atoms with van der Waals surface area (Å²) in [6.45, 7) is 7.47. The van der Waals surface area contributed by atoms with Crippen molar-refractivity contribution in [3.05, 3.63) is 0 Å². The van der Waals surface area contributed by atoms with Crippen LogP contribution in [0.2, 0.25) is 0 Å². The standard InChI is InChI=1S/C14H23NO6/c1-5-6-7-19-12(17)11-10(8-20-11)15(9-16)13(18)21-14(2,3)4/h9-11H,5-8H2,1-4H3/t10-,11+/m0/s1. The van der Waals surface area contributed by atoms with Gasteiger partial charge in [-0.05, 0) is 27.2 Å². The molecule has 0 aromatic rings. The van der Waals surface area contributed by atoms with Crippen LogP contribution >= 0.6 is 0 Å². The minimum Gasteiger partial charge on any atom is -0.464 e. The first-order valence-corrected chi connectivity index (χ1v) is 7.05. The molecule has 0 spiro atoms. The molecule has 0 unspecified atom stereocenters. The molecule has 0 aromatic heterocycles. The quantitative estimate of drug-likeness (QED) is 0.420. The molecule has 0 radical (unpaired) electrons. The molecule has 7 nitrogen and oxygen atoms in total. The molecule has 0 aliphatic carbocycles. The summed E-state index contributed by atoms with van der Waals surface area (Å²) in [5, 5.41) is 0. The van der Waals surface area contributed by atoms with Gasteiger partial charge in [0.1, 0.15) is 11.6 Å². The van der Waals surface area contributed by atoms with Crippen molar-refractivity contribution in [2.45, 2.75) is 58.3 Å². The van der Waals surface area contributed by atoms with E-state index in [1.165, 1.54) is 0 Å². The summed E-state index contributed by atoms with van der Waals surface area (Å²) in [5.41, 5.74) is -0.722. The lowest BCUT2D eigenvalue weighted by Gasteiger charge is -2.39. The Morgan fingerprint density at radius 1 is 1.38 bits per heavy atom. The zero-order valence-electron chi connectivity index (χ0n) is 13.0. The Balaban J connectivity index is 2.59. The Morgan fingerprint density at radius 2 is 2.05 bits per heavy atom. The molecule has 120 valence electrons. The summed E-state index contributed by atoms with van der Waals surface area (Å²) in [7, 11) is 0. The first kappa shape index (κ1) is 17.4. The number of hydrogen-bond donors (Lipinski definition) is 0. The van der Waals surface area contributed by atoms with Crippen molar-refractivity contribution in [1.82, 2.24) is 4.90 Å². The van der Waals surface area contributed by atoms with Crippen LogP contribution in [0.5, 0.6) is 0 Å². The third-order valence-corrected chi connectivity index (χ3v) is 2.85. The molecule has 1 fully saturated rings. The van der Waals surface area contributed by atoms with Gasteiger partial charge in [0.05, 0.1) is 13.2 Å². The van der Waals surface area contributed by atoms with E-state index in [1.54, 1.807) is 20.8 Å². The monoisotopic (exact) mass is 301 g/mol. The Hall–Kier alpha value is -1.63. The molecular weight excluding hydrogens is 278 g/mol. The fourth-order valence-corrected chi connectivity index (χ4v) is 1.70. The van der Waals surface area contributed by atoms with Crippen molar-refractivity contribution in [1.29, 1.82) is 0 Å². The van der Waals surface area contributed by atoms with Gasteiger partial charge in [-0.25, -0.2) is 14.5 Å². The maximum absolute atomic E-state index is 11.9. The van der Waals surface area contributed by atoms with E-state index in [2.05, 4.69) is 0 Å². The highest BCUT2D eigenvalue weighted by Crippen LogP contribution is 2.22. The molecule has 21 heavy (non-hydrogen) atoms. The minimum absolute atomic E-state index is 0.103. The van der Waals surface area contributed by atoms with Gasteiger partial charge in [-0.2, -0.15) is 0 Å². The van der Waals surface area contributed by atoms with Crippen LogP contribution in [0.4, 0.5) is 4.79 Å². The van der Waals surface area contributed by atoms with Crippen molar-refractivity contribution in [2.24, 2.45) is 0 Å². The molecule has 0 saturated carbocycles. The predicted molar refractivity (Wildman–Crippen MR) is 73.5 cm³/mol. The van der Waals surface area contributed by atoms with E-state index in [0.717, 1.165) is 17.7 Å². The third kappa shape index (κ3) is 5.00. The van der Waals surface area contributed by atoms with Crippen LogP contribution in [0.1, 0.15) is 40.5 Å². The second kappa shape index (κ2) is 7.40. The van der Waals surface area contributed by atoms with Gasteiger partial charge in [0, 0.05) is 0 Å². The van der Waals surface area contributed by atoms with Gasteiger partial charge in [-0.15, -0.1) is 0 Å². The largest absolute Gasteiger partial charge is 0.464 e. The van der Waals surface area contributed by atoms with Crippen LogP contribution in [0.15, 0.2) is 0 Å². The number of esters is 1. The predicted octanol–water partition coefficient (Wildman–Crippen LogP) is 1.49. The molecular formula is C14H23NO6. The van der Waals surface area contributed by atoms with E-state index in [0.29, 0.717) is 13.0 Å². The zero-order valence-corrected chi connectivity index (χ0v) is 13.0. The summed E-state index contributed by atoms with van der Waals surface area (Å²) >= 11 is 0. The van der Waals surface area contributed by atoms with Crippen LogP contribution in [0.3, 0.4) is 0 Å². The van der Waals surface area contributed by atoms with Gasteiger partial charge >= 0.3 is 12.1 Å². The summed E-state index contributed by atoms with van der Waals surface area (Å²) in [5.74, 6) is -0.560. The molecule has 1 aliphatic rings. The maximum atomic E-state index is 11.9. The first-order chi connectivity index (χ1) is 9.80. The molecule has 2 atom stereocenters. The summed E-state index contributed by atoms with van der Waals surface area (Å²) in [6, 6.07) is -0.675. The van der Waals surface area contributed by atoms with Crippen molar-refractivity contribution in [3.8, 4) is 0 Å². The Kier molecular flexibility index (Phi) is 6.14. The number of unbranched alkanes of at least 4 members (excludes halogenated alkanes) is 1. The average Bonchev–Trinajstić information content (AvgIpc) is 2.32. The highest BCUT2D eigenvalue weighted by atomic mass is 16.6. The molecule has 0 bridgehead atoms. The van der Waals surface area contributed by atoms with E-state index in [4.69, 9.17) is 14.2 Å². The molecule has 1 aliphatic heterocycles. The van der Waals surface area contributed by atoms with Crippen molar-refractivity contribution < 1.29 is 28.6 Å². The van der Waals surface area contributed by atoms with Gasteiger partial charge in [0.2, 0.25) is 6.41 Å². The number of carbonyl (C=O) groups is 3. The van der Waals surface area contributed by atoms with Gasteiger partial charge in [-0.1, -0.05) is 13.3 Å². The number of nitrogens with zero attached hydrogens (tertiary/aromatic N) is 1. The highest BCUT2D eigenvalue weighted by Gasteiger charge is 2.46. The van der Waals surface area contributed by atoms with Crippen LogP contribution in [0.25, 0.3) is 0 Å². The minimum atomic E-state index is -0.931. The molecule has 1 rings (SSSR count). The Labute approximate surface area is 124 Å². The van der Waals surface area contributed by atoms with E-state index in [1.807, 2.05) is 6.92 Å². The van der Waals surface area contributed by atoms with Crippen molar-refractivity contribution in [3.63, 3.8) is 0 Å². The summed E-state index contributed by atoms with van der Waals surface area (Å²) in [6.07, 6.45) is 0.289. The molecule has 0 aromatic carbocycles. The van der Waals surface area contributed by atoms with Crippen LogP contribution in [0, 0.1) is 0 Å². The van der Waals surface area contributed by atoms with Gasteiger partial charge < -0.3 is 14.2 Å². The lowest BCUT2D eigenvalue weighted by Crippen LogP contribution is -2.61. The average molecular weight is 301 g/mol. The van der Waals surface area contributed by atoms with Crippen molar-refractivity contribution >= 4 is 18.5 Å². The lowest BCUT2D eigenvalue weighted by atomic mass is 10.1. The topological polar surface area (TPSA) is 82.1 Å². The highest BCUT2D eigenvalue weighted by molar-refractivity contribution is 5.84. The van der Waals surface area contributed by atoms with Crippen LogP contribution in [-0.4, -0.2) is 54.3 Å². The van der Waals surface area contributed by atoms with Crippen LogP contribution < -0.4 is 0 Å². The number of hydrogen-bond acceptors (Lipinski definition) is 6. The third-order valence-electron chi connectivity index (χ3n) is 2.85. The molecule has 1 saturated heterocycles. The van der Waals surface area contributed by atoms with E-state index in [-0.39, 0.29) is 6.61 Å². The number of amides is 2. The smallest absolute Gasteiger partial charge is 0.417 e. The van der Waals surface area contributed by atoms with Gasteiger partial charge in [0.15, 0.2) is 6.10 Å². The second-order valence-electron chi connectivity index (χ2n) is 5.84. The van der Waals surface area contributed by atoms with Crippen molar-refractivity contribution in [2.75, 3.05) is 13.2 Å². The molecule has 0 N–H and O–H groups in total. The summed E-state index contributed by atoms with van der Waals surface area (Å²) in [4.78, 5) is 35.7. The van der Waals surface area contributed by atoms with E-state index < -0.39 is 29.8 Å².